The molecule has 194 valence electrons. The van der Waals surface area contributed by atoms with E-state index in [1.807, 2.05) is 0 Å². The zero-order chi connectivity index (χ0) is 26.7. The molecule has 2 amide bonds. The summed E-state index contributed by atoms with van der Waals surface area (Å²) in [5, 5.41) is 0.811. The number of likely N-dealkylation sites (tertiary alicyclic amines) is 1. The van der Waals surface area contributed by atoms with E-state index in [9.17, 15) is 18.8 Å². The number of aromatic nitrogens is 1. The van der Waals surface area contributed by atoms with Gasteiger partial charge in [0, 0.05) is 52.0 Å². The van der Waals surface area contributed by atoms with E-state index < -0.39 is 11.7 Å². The van der Waals surface area contributed by atoms with Gasteiger partial charge in [0.25, 0.3) is 17.6 Å². The Morgan fingerprint density at radius 3 is 2.46 bits per heavy atom. The Morgan fingerprint density at radius 1 is 1.14 bits per heavy atom. The number of carbonyl (C=O) groups is 3. The van der Waals surface area contributed by atoms with Crippen LogP contribution in [0.2, 0.25) is 5.02 Å². The number of ketones is 1. The second-order valence-electron chi connectivity index (χ2n) is 9.52. The molecule has 0 saturated carbocycles. The van der Waals surface area contributed by atoms with E-state index in [4.69, 9.17) is 11.6 Å². The highest BCUT2D eigenvalue weighted by Crippen LogP contribution is 2.31. The number of piperidine rings is 1. The Bertz CT molecular complexity index is 1360. The number of hydrogen-bond acceptors (Lipinski definition) is 4. The first kappa shape index (κ1) is 26.5. The van der Waals surface area contributed by atoms with Crippen LogP contribution in [0.25, 0.3) is 10.9 Å². The summed E-state index contributed by atoms with van der Waals surface area (Å²) in [5.41, 5.74) is 2.29. The van der Waals surface area contributed by atoms with Crippen LogP contribution in [0.5, 0.6) is 0 Å². The van der Waals surface area contributed by atoms with Crippen LogP contribution < -0.4 is 0 Å². The first-order valence-corrected chi connectivity index (χ1v) is 12.6. The first-order chi connectivity index (χ1) is 17.7. The van der Waals surface area contributed by atoms with Gasteiger partial charge in [0.1, 0.15) is 5.82 Å². The van der Waals surface area contributed by atoms with E-state index in [0.29, 0.717) is 40.5 Å². The molecule has 0 spiro atoms. The molecular weight excluding hydrogens is 495 g/mol. The van der Waals surface area contributed by atoms with Crippen molar-refractivity contribution in [3.8, 4) is 0 Å². The summed E-state index contributed by atoms with van der Waals surface area (Å²) in [5.74, 6) is -1.34. The number of halogens is 2. The molecule has 1 aliphatic rings. The summed E-state index contributed by atoms with van der Waals surface area (Å²) in [7, 11) is 4.90. The Hall–Kier alpha value is -3.52. The maximum atomic E-state index is 13.4. The van der Waals surface area contributed by atoms with Crippen molar-refractivity contribution in [3.05, 3.63) is 70.1 Å². The van der Waals surface area contributed by atoms with Crippen molar-refractivity contribution in [1.82, 2.24) is 14.4 Å². The molecule has 3 aromatic rings. The minimum atomic E-state index is -0.654. The van der Waals surface area contributed by atoms with Crippen molar-refractivity contribution in [3.63, 3.8) is 0 Å². The van der Waals surface area contributed by atoms with Crippen LogP contribution in [-0.4, -0.2) is 71.9 Å². The van der Waals surface area contributed by atoms with E-state index >= 15 is 0 Å². The van der Waals surface area contributed by atoms with Crippen molar-refractivity contribution >= 4 is 46.3 Å². The molecule has 0 aliphatic carbocycles. The maximum absolute atomic E-state index is 13.4. The van der Waals surface area contributed by atoms with Crippen LogP contribution in [0.3, 0.4) is 0 Å². The van der Waals surface area contributed by atoms with Gasteiger partial charge < -0.3 is 14.4 Å². The van der Waals surface area contributed by atoms with Crippen molar-refractivity contribution in [2.45, 2.75) is 19.3 Å². The number of Topliss-reactive ketones (excluding diaryl/α,β-unsaturated/α-hetero) is 1. The Labute approximate surface area is 220 Å². The van der Waals surface area contributed by atoms with Crippen LogP contribution in [0, 0.1) is 11.7 Å². The van der Waals surface area contributed by atoms with Gasteiger partial charge in [-0.25, -0.2) is 4.39 Å². The highest BCUT2D eigenvalue weighted by Gasteiger charge is 2.28. The highest BCUT2D eigenvalue weighted by atomic mass is 35.5. The van der Waals surface area contributed by atoms with Gasteiger partial charge in [-0.2, -0.15) is 0 Å². The lowest BCUT2D eigenvalue weighted by molar-refractivity contribution is -0.124. The Balaban J connectivity index is 1.52. The third-order valence-corrected chi connectivity index (χ3v) is 7.28. The Kier molecular flexibility index (Phi) is 8.07. The monoisotopic (exact) mass is 524 g/mol. The lowest BCUT2D eigenvalue weighted by Gasteiger charge is -2.32. The van der Waals surface area contributed by atoms with Crippen molar-refractivity contribution in [1.29, 1.82) is 0 Å². The molecule has 7 nitrogen and oxygen atoms in total. The Morgan fingerprint density at radius 2 is 1.81 bits per heavy atom. The van der Waals surface area contributed by atoms with Gasteiger partial charge in [-0.3, -0.25) is 19.4 Å². The van der Waals surface area contributed by atoms with Crippen molar-refractivity contribution in [2.24, 2.45) is 18.0 Å². The number of rotatable bonds is 7. The standard InChI is InChI=1S/C28H30ClFN4O3/c1-31-10-13-32(2)28(37)26(35)23-17-33(3)25-16-24(29)22(15-21(23)25)27(36)34-11-8-19(9-12-34)14-18-4-6-20(30)7-5-18/h4-7,10,15-17,19H,8-9,11-14H2,1-3H3. The predicted octanol–water partition coefficient (Wildman–Crippen LogP) is 4.41. The fraction of sp³-hybridized carbons (Fsp3) is 0.357. The lowest BCUT2D eigenvalue weighted by atomic mass is 9.90. The number of aryl methyl sites for hydroxylation is 1. The van der Waals surface area contributed by atoms with E-state index in [1.54, 1.807) is 67.3 Å². The summed E-state index contributed by atoms with van der Waals surface area (Å²) in [6.45, 7) is 1.39. The lowest BCUT2D eigenvalue weighted by Crippen LogP contribution is -2.39. The molecule has 1 saturated heterocycles. The molecule has 1 fully saturated rings. The second-order valence-corrected chi connectivity index (χ2v) is 9.93. The van der Waals surface area contributed by atoms with Crippen molar-refractivity contribution in [2.75, 3.05) is 33.7 Å². The fourth-order valence-corrected chi connectivity index (χ4v) is 5.03. The largest absolute Gasteiger partial charge is 0.350 e. The smallest absolute Gasteiger partial charge is 0.295 e. The van der Waals surface area contributed by atoms with E-state index in [0.717, 1.165) is 24.8 Å². The first-order valence-electron chi connectivity index (χ1n) is 12.2. The SMILES string of the molecule is CN=CCN(C)C(=O)C(=O)c1cn(C)c2cc(Cl)c(C(=O)N3CCC(Cc4ccc(F)cc4)CC3)cc12. The summed E-state index contributed by atoms with van der Waals surface area (Å²) < 4.78 is 14.9. The highest BCUT2D eigenvalue weighted by molar-refractivity contribution is 6.45. The molecule has 1 aromatic heterocycles. The summed E-state index contributed by atoms with van der Waals surface area (Å²) in [6, 6.07) is 9.85. The average molecular weight is 525 g/mol. The van der Waals surface area contributed by atoms with Crippen LogP contribution in [0.1, 0.15) is 39.1 Å². The fourth-order valence-electron chi connectivity index (χ4n) is 4.79. The number of fused-ring (bicyclic) bond motifs is 1. The van der Waals surface area contributed by atoms with E-state index in [-0.39, 0.29) is 23.8 Å². The second kappa shape index (κ2) is 11.3. The number of carbonyl (C=O) groups excluding carboxylic acids is 3. The zero-order valence-corrected chi connectivity index (χ0v) is 22.0. The molecule has 0 N–H and O–H groups in total. The summed E-state index contributed by atoms with van der Waals surface area (Å²) in [4.78, 5) is 46.1. The molecular formula is C28H30ClFN4O3. The summed E-state index contributed by atoms with van der Waals surface area (Å²) in [6.07, 6.45) is 5.66. The third-order valence-electron chi connectivity index (χ3n) is 6.97. The molecule has 1 aliphatic heterocycles. The molecule has 2 aromatic carbocycles. The number of likely N-dealkylation sites (N-methyl/N-ethyl adjacent to an activating group) is 1. The minimum absolute atomic E-state index is 0.197. The van der Waals surface area contributed by atoms with Gasteiger partial charge in [-0.05, 0) is 55.0 Å². The van der Waals surface area contributed by atoms with Gasteiger partial charge in [0.2, 0.25) is 0 Å². The molecule has 0 bridgehead atoms. The average Bonchev–Trinajstić information content (AvgIpc) is 3.22. The maximum Gasteiger partial charge on any atom is 0.295 e. The molecule has 0 atom stereocenters. The number of aliphatic imine (C=N–C) groups is 1. The van der Waals surface area contributed by atoms with E-state index in [1.165, 1.54) is 17.0 Å². The van der Waals surface area contributed by atoms with Gasteiger partial charge in [0.15, 0.2) is 0 Å². The molecule has 2 heterocycles. The minimum Gasteiger partial charge on any atom is -0.350 e. The van der Waals surface area contributed by atoms with Crippen molar-refractivity contribution < 1.29 is 18.8 Å². The van der Waals surface area contributed by atoms with Crippen LogP contribution in [0.15, 0.2) is 47.6 Å². The predicted molar refractivity (Wildman–Crippen MR) is 143 cm³/mol. The molecule has 0 unspecified atom stereocenters. The van der Waals surface area contributed by atoms with Crippen LogP contribution in [-0.2, 0) is 18.3 Å². The van der Waals surface area contributed by atoms with E-state index in [2.05, 4.69) is 4.99 Å². The van der Waals surface area contributed by atoms with Gasteiger partial charge >= 0.3 is 0 Å². The molecule has 9 heteroatoms. The number of amides is 2. The van der Waals surface area contributed by atoms with Gasteiger partial charge in [-0.15, -0.1) is 0 Å². The quantitative estimate of drug-likeness (QED) is 0.261. The molecule has 0 radical (unpaired) electrons. The van der Waals surface area contributed by atoms with Crippen LogP contribution >= 0.6 is 11.6 Å². The summed E-state index contributed by atoms with van der Waals surface area (Å²) >= 11 is 6.53. The molecule has 4 rings (SSSR count). The van der Waals surface area contributed by atoms with Crippen LogP contribution in [0.4, 0.5) is 4.39 Å². The van der Waals surface area contributed by atoms with Gasteiger partial charge in [0.05, 0.1) is 28.2 Å². The zero-order valence-electron chi connectivity index (χ0n) is 21.2. The number of hydrogen-bond donors (Lipinski definition) is 0. The number of nitrogens with zero attached hydrogens (tertiary/aromatic N) is 4. The normalized spacial score (nSPS) is 14.5. The number of benzene rings is 2. The van der Waals surface area contributed by atoms with Gasteiger partial charge in [-0.1, -0.05) is 23.7 Å². The third kappa shape index (κ3) is 5.74. The molecule has 37 heavy (non-hydrogen) atoms. The topological polar surface area (TPSA) is 75.0 Å².